The molecule has 1 aromatic rings. The van der Waals surface area contributed by atoms with Gasteiger partial charge in [0.25, 0.3) is 0 Å². The van der Waals surface area contributed by atoms with Gasteiger partial charge in [-0.1, -0.05) is 37.5 Å². The van der Waals surface area contributed by atoms with Crippen molar-refractivity contribution in [3.8, 4) is 5.75 Å². The first-order chi connectivity index (χ1) is 8.26. The summed E-state index contributed by atoms with van der Waals surface area (Å²) < 4.78 is 10.4. The number of para-hydroxylation sites is 1. The second kappa shape index (κ2) is 5.52. The zero-order valence-corrected chi connectivity index (χ0v) is 10.3. The highest BCUT2D eigenvalue weighted by molar-refractivity contribution is 5.38. The van der Waals surface area contributed by atoms with Gasteiger partial charge in [-0.3, -0.25) is 0 Å². The van der Waals surface area contributed by atoms with Crippen LogP contribution in [0.15, 0.2) is 24.3 Å². The van der Waals surface area contributed by atoms with Crippen LogP contribution in [0.5, 0.6) is 5.75 Å². The SMILES string of the molecule is COCOc1ccccc1C1(O)CCCCC1. The van der Waals surface area contributed by atoms with E-state index < -0.39 is 5.60 Å². The van der Waals surface area contributed by atoms with E-state index in [9.17, 15) is 5.11 Å². The Labute approximate surface area is 102 Å². The van der Waals surface area contributed by atoms with Crippen LogP contribution in [-0.4, -0.2) is 19.0 Å². The Morgan fingerprint density at radius 2 is 1.88 bits per heavy atom. The first-order valence-corrected chi connectivity index (χ1v) is 6.20. The first kappa shape index (κ1) is 12.4. The van der Waals surface area contributed by atoms with Gasteiger partial charge in [-0.2, -0.15) is 0 Å². The zero-order valence-electron chi connectivity index (χ0n) is 10.3. The van der Waals surface area contributed by atoms with E-state index in [1.807, 2.05) is 24.3 Å². The van der Waals surface area contributed by atoms with E-state index in [1.54, 1.807) is 7.11 Å². The molecule has 17 heavy (non-hydrogen) atoms. The minimum absolute atomic E-state index is 0.215. The minimum atomic E-state index is -0.720. The van der Waals surface area contributed by atoms with Crippen LogP contribution in [-0.2, 0) is 10.3 Å². The Morgan fingerprint density at radius 1 is 1.18 bits per heavy atom. The van der Waals surface area contributed by atoms with E-state index >= 15 is 0 Å². The monoisotopic (exact) mass is 236 g/mol. The molecule has 0 bridgehead atoms. The summed E-state index contributed by atoms with van der Waals surface area (Å²) in [5.41, 5.74) is 0.180. The molecule has 1 fully saturated rings. The standard InChI is InChI=1S/C14H20O3/c1-16-11-17-13-8-4-3-7-12(13)14(15)9-5-2-6-10-14/h3-4,7-8,15H,2,5-6,9-11H2,1H3. The molecule has 0 aliphatic heterocycles. The van der Waals surface area contributed by atoms with Crippen molar-refractivity contribution in [2.75, 3.05) is 13.9 Å². The van der Waals surface area contributed by atoms with Crippen LogP contribution in [0.25, 0.3) is 0 Å². The molecule has 0 radical (unpaired) electrons. The third kappa shape index (κ3) is 2.79. The molecule has 1 saturated carbocycles. The molecule has 1 aromatic carbocycles. The summed E-state index contributed by atoms with van der Waals surface area (Å²) in [7, 11) is 1.60. The van der Waals surface area contributed by atoms with Crippen LogP contribution < -0.4 is 4.74 Å². The third-order valence-corrected chi connectivity index (χ3v) is 3.40. The van der Waals surface area contributed by atoms with Crippen LogP contribution in [0, 0.1) is 0 Å². The van der Waals surface area contributed by atoms with Gasteiger partial charge in [0, 0.05) is 12.7 Å². The summed E-state index contributed by atoms with van der Waals surface area (Å²) in [5.74, 6) is 0.735. The Kier molecular flexibility index (Phi) is 4.02. The number of ether oxygens (including phenoxy) is 2. The second-order valence-electron chi connectivity index (χ2n) is 4.64. The highest BCUT2D eigenvalue weighted by Gasteiger charge is 2.33. The zero-order chi connectivity index (χ0) is 12.1. The normalized spacial score (nSPS) is 18.9. The number of rotatable bonds is 4. The molecule has 2 rings (SSSR count). The molecule has 0 aromatic heterocycles. The molecule has 3 nitrogen and oxygen atoms in total. The highest BCUT2D eigenvalue weighted by atomic mass is 16.7. The van der Waals surface area contributed by atoms with Crippen molar-refractivity contribution in [3.05, 3.63) is 29.8 Å². The van der Waals surface area contributed by atoms with Crippen molar-refractivity contribution in [1.29, 1.82) is 0 Å². The highest BCUT2D eigenvalue weighted by Crippen LogP contribution is 2.40. The lowest BCUT2D eigenvalue weighted by Gasteiger charge is -2.33. The van der Waals surface area contributed by atoms with Crippen molar-refractivity contribution in [2.45, 2.75) is 37.7 Å². The molecule has 0 saturated heterocycles. The molecule has 1 aliphatic carbocycles. The fraction of sp³-hybridized carbons (Fsp3) is 0.571. The van der Waals surface area contributed by atoms with Gasteiger partial charge in [0.1, 0.15) is 5.75 Å². The maximum Gasteiger partial charge on any atom is 0.188 e. The molecular formula is C14H20O3. The predicted octanol–water partition coefficient (Wildman–Crippen LogP) is 2.82. The largest absolute Gasteiger partial charge is 0.467 e. The van der Waals surface area contributed by atoms with Gasteiger partial charge in [-0.05, 0) is 18.9 Å². The molecule has 3 heteroatoms. The molecule has 94 valence electrons. The quantitative estimate of drug-likeness (QED) is 0.817. The molecular weight excluding hydrogens is 216 g/mol. The summed E-state index contributed by atoms with van der Waals surface area (Å²) in [4.78, 5) is 0. The molecule has 0 spiro atoms. The summed E-state index contributed by atoms with van der Waals surface area (Å²) in [6.07, 6.45) is 5.01. The molecule has 1 aliphatic rings. The molecule has 0 amide bonds. The second-order valence-corrected chi connectivity index (χ2v) is 4.64. The average molecular weight is 236 g/mol. The lowest BCUT2D eigenvalue weighted by Crippen LogP contribution is -2.29. The predicted molar refractivity (Wildman–Crippen MR) is 65.9 cm³/mol. The average Bonchev–Trinajstić information content (AvgIpc) is 2.37. The smallest absolute Gasteiger partial charge is 0.188 e. The molecule has 0 atom stereocenters. The van der Waals surface area contributed by atoms with Crippen molar-refractivity contribution < 1.29 is 14.6 Å². The van der Waals surface area contributed by atoms with Crippen LogP contribution in [0.3, 0.4) is 0 Å². The van der Waals surface area contributed by atoms with Gasteiger partial charge in [-0.25, -0.2) is 0 Å². The Morgan fingerprint density at radius 3 is 2.59 bits per heavy atom. The van der Waals surface area contributed by atoms with Crippen LogP contribution in [0.2, 0.25) is 0 Å². The summed E-state index contributed by atoms with van der Waals surface area (Å²) >= 11 is 0. The van der Waals surface area contributed by atoms with E-state index in [1.165, 1.54) is 6.42 Å². The van der Waals surface area contributed by atoms with E-state index in [0.29, 0.717) is 0 Å². The van der Waals surface area contributed by atoms with Gasteiger partial charge >= 0.3 is 0 Å². The molecule has 0 heterocycles. The fourth-order valence-electron chi connectivity index (χ4n) is 2.51. The summed E-state index contributed by atoms with van der Waals surface area (Å²) in [5, 5.41) is 10.7. The minimum Gasteiger partial charge on any atom is -0.467 e. The first-order valence-electron chi connectivity index (χ1n) is 6.20. The van der Waals surface area contributed by atoms with Gasteiger partial charge < -0.3 is 14.6 Å². The van der Waals surface area contributed by atoms with E-state index in [-0.39, 0.29) is 6.79 Å². The maximum atomic E-state index is 10.7. The van der Waals surface area contributed by atoms with Crippen LogP contribution in [0.1, 0.15) is 37.7 Å². The number of benzene rings is 1. The summed E-state index contributed by atoms with van der Waals surface area (Å²) in [6.45, 7) is 0.215. The van der Waals surface area contributed by atoms with Gasteiger partial charge in [-0.15, -0.1) is 0 Å². The lowest BCUT2D eigenvalue weighted by atomic mass is 9.79. The third-order valence-electron chi connectivity index (χ3n) is 3.40. The number of hydrogen-bond donors (Lipinski definition) is 1. The lowest BCUT2D eigenvalue weighted by molar-refractivity contribution is -0.00789. The van der Waals surface area contributed by atoms with Gasteiger partial charge in [0.05, 0.1) is 5.60 Å². The van der Waals surface area contributed by atoms with Crippen LogP contribution >= 0.6 is 0 Å². The van der Waals surface area contributed by atoms with E-state index in [2.05, 4.69) is 0 Å². The van der Waals surface area contributed by atoms with Gasteiger partial charge in [0.15, 0.2) is 6.79 Å². The Hall–Kier alpha value is -1.06. The van der Waals surface area contributed by atoms with Crippen molar-refractivity contribution >= 4 is 0 Å². The number of aliphatic hydroxyl groups is 1. The molecule has 0 unspecified atom stereocenters. The number of hydrogen-bond acceptors (Lipinski definition) is 3. The topological polar surface area (TPSA) is 38.7 Å². The van der Waals surface area contributed by atoms with Gasteiger partial charge in [0.2, 0.25) is 0 Å². The van der Waals surface area contributed by atoms with E-state index in [4.69, 9.17) is 9.47 Å². The maximum absolute atomic E-state index is 10.7. The van der Waals surface area contributed by atoms with Crippen molar-refractivity contribution in [2.24, 2.45) is 0 Å². The van der Waals surface area contributed by atoms with Crippen molar-refractivity contribution in [1.82, 2.24) is 0 Å². The van der Waals surface area contributed by atoms with E-state index in [0.717, 1.165) is 37.0 Å². The van der Waals surface area contributed by atoms with Crippen molar-refractivity contribution in [3.63, 3.8) is 0 Å². The summed E-state index contributed by atoms with van der Waals surface area (Å²) in [6, 6.07) is 7.71. The Bertz CT molecular complexity index is 356. The van der Waals surface area contributed by atoms with Crippen LogP contribution in [0.4, 0.5) is 0 Å². The number of methoxy groups -OCH3 is 1. The Balaban J connectivity index is 2.23. The molecule has 1 N–H and O–H groups in total. The fourth-order valence-corrected chi connectivity index (χ4v) is 2.51.